The van der Waals surface area contributed by atoms with Crippen molar-refractivity contribution in [1.82, 2.24) is 25.2 Å². The van der Waals surface area contributed by atoms with Gasteiger partial charge in [-0.2, -0.15) is 9.97 Å². The van der Waals surface area contributed by atoms with Gasteiger partial charge in [-0.1, -0.05) is 71.3 Å². The van der Waals surface area contributed by atoms with E-state index in [1.807, 2.05) is 6.07 Å². The topological polar surface area (TPSA) is 84.9 Å². The van der Waals surface area contributed by atoms with Crippen LogP contribution in [-0.2, 0) is 4.74 Å². The Bertz CT molecular complexity index is 2200. The Kier molecular flexibility index (Phi) is 13.2. The monoisotopic (exact) mass is 842 g/mol. The fourth-order valence-electron chi connectivity index (χ4n) is 10.4. The van der Waals surface area contributed by atoms with Crippen LogP contribution in [0.5, 0.6) is 11.8 Å². The highest BCUT2D eigenvalue weighted by molar-refractivity contribution is 6.87. The molecular weight excluding hydrogens is 782 g/mol. The summed E-state index contributed by atoms with van der Waals surface area (Å²) in [5.41, 5.74) is 4.02. The minimum Gasteiger partial charge on any atom is -0.468 e. The number of pyridine rings is 1. The van der Waals surface area contributed by atoms with Crippen LogP contribution in [0.25, 0.3) is 32.9 Å². The second kappa shape index (κ2) is 18.6. The lowest BCUT2D eigenvalue weighted by Gasteiger charge is -2.34. The highest BCUT2D eigenvalue weighted by Gasteiger charge is 2.49. The van der Waals surface area contributed by atoms with Gasteiger partial charge >= 0.3 is 6.01 Å². The molecule has 2 aromatic heterocycles. The highest BCUT2D eigenvalue weighted by Crippen LogP contribution is 2.42. The average molecular weight is 843 g/mol. The molecule has 0 radical (unpaired) electrons. The van der Waals surface area contributed by atoms with Gasteiger partial charge in [0.15, 0.2) is 12.6 Å². The molecule has 0 saturated carbocycles. The SMILES string of the molecule is CCCC[Si](C#Cc1c(F)ccc2cc(OCOC)cc(-c3ncc4c(N5C[C@H]6CC[C@@H](C5)N6)nc(OC[C@@]56CCCN5C[C@H](F)C6)nc4c3F)c12)(CCCC)CCCC. The van der Waals surface area contributed by atoms with Crippen molar-refractivity contribution >= 4 is 35.6 Å². The number of piperazine rings is 1. The number of benzene rings is 2. The molecule has 4 aliphatic rings. The molecule has 60 heavy (non-hydrogen) atoms. The molecule has 2 aromatic carbocycles. The number of nitrogens with zero attached hydrogens (tertiary/aromatic N) is 5. The molecule has 4 aromatic rings. The first-order valence-electron chi connectivity index (χ1n) is 22.5. The molecule has 6 heterocycles. The van der Waals surface area contributed by atoms with Crippen molar-refractivity contribution in [1.29, 1.82) is 0 Å². The number of halogens is 3. The molecule has 8 rings (SSSR count). The lowest BCUT2D eigenvalue weighted by molar-refractivity contribution is 0.0512. The van der Waals surface area contributed by atoms with Gasteiger partial charge in [-0.25, -0.2) is 13.2 Å². The first kappa shape index (κ1) is 42.7. The maximum atomic E-state index is 17.7. The molecule has 322 valence electrons. The van der Waals surface area contributed by atoms with E-state index in [0.717, 1.165) is 88.9 Å². The van der Waals surface area contributed by atoms with Crippen molar-refractivity contribution in [2.45, 2.75) is 133 Å². The van der Waals surface area contributed by atoms with Gasteiger partial charge in [-0.05, 0) is 73.9 Å². The van der Waals surface area contributed by atoms with E-state index < -0.39 is 31.4 Å². The Morgan fingerprint density at radius 2 is 1.68 bits per heavy atom. The fourth-order valence-corrected chi connectivity index (χ4v) is 15.0. The Morgan fingerprint density at radius 1 is 0.950 bits per heavy atom. The molecule has 0 aliphatic carbocycles. The Morgan fingerprint density at radius 3 is 2.38 bits per heavy atom. The van der Waals surface area contributed by atoms with Crippen molar-refractivity contribution in [3.05, 3.63) is 47.7 Å². The minimum atomic E-state index is -2.11. The van der Waals surface area contributed by atoms with Gasteiger partial charge in [0.05, 0.1) is 16.5 Å². The number of hydrogen-bond donors (Lipinski definition) is 1. The van der Waals surface area contributed by atoms with Crippen LogP contribution in [0.4, 0.5) is 19.0 Å². The number of rotatable bonds is 17. The van der Waals surface area contributed by atoms with Crippen LogP contribution in [0, 0.1) is 23.1 Å². The van der Waals surface area contributed by atoms with Crippen LogP contribution in [0.1, 0.15) is 97.0 Å². The normalized spacial score (nSPS) is 22.7. The van der Waals surface area contributed by atoms with E-state index in [0.29, 0.717) is 71.4 Å². The average Bonchev–Trinajstić information content (AvgIpc) is 3.91. The smallest absolute Gasteiger partial charge is 0.319 e. The van der Waals surface area contributed by atoms with E-state index in [2.05, 4.69) is 47.4 Å². The summed E-state index contributed by atoms with van der Waals surface area (Å²) in [6.45, 7) is 9.47. The van der Waals surface area contributed by atoms with Crippen LogP contribution < -0.4 is 19.7 Å². The largest absolute Gasteiger partial charge is 0.468 e. The van der Waals surface area contributed by atoms with E-state index in [1.165, 1.54) is 13.2 Å². The molecule has 4 atom stereocenters. The van der Waals surface area contributed by atoms with E-state index in [-0.39, 0.29) is 36.2 Å². The number of aromatic nitrogens is 3. The number of alkyl halides is 1. The standard InChI is InChI=1S/C47H61F3N6O3Si/c1-5-8-19-60(20-9-6-2,21-10-7-3)22-16-37-40(49)15-12-32-23-36(59-31-57-4)24-38(41(32)37)43-42(50)44-39(26-51-43)45(55-28-34-13-14-35(29-55)52-34)54-46(53-44)58-30-47-17-11-18-56(47)27-33(48)25-47/h12,15,23-24,26,33-35,52H,5-11,13-14,17-21,25,27-31H2,1-4H3/t33-,34-,35+,47+/m1/s1. The van der Waals surface area contributed by atoms with Crippen LogP contribution in [-0.4, -0.2) is 98.4 Å². The predicted octanol–water partition coefficient (Wildman–Crippen LogP) is 9.74. The zero-order valence-corrected chi connectivity index (χ0v) is 36.9. The number of hydrogen-bond acceptors (Lipinski definition) is 9. The Labute approximate surface area is 354 Å². The molecule has 0 amide bonds. The molecule has 2 bridgehead atoms. The number of nitrogens with one attached hydrogen (secondary N) is 1. The van der Waals surface area contributed by atoms with E-state index in [9.17, 15) is 4.39 Å². The van der Waals surface area contributed by atoms with Gasteiger partial charge in [0, 0.05) is 62.4 Å². The summed E-state index contributed by atoms with van der Waals surface area (Å²) < 4.78 is 66.4. The molecule has 4 fully saturated rings. The van der Waals surface area contributed by atoms with E-state index in [1.54, 1.807) is 18.3 Å². The molecule has 1 N–H and O–H groups in total. The van der Waals surface area contributed by atoms with Crippen LogP contribution in [0.2, 0.25) is 18.1 Å². The molecule has 4 saturated heterocycles. The van der Waals surface area contributed by atoms with Crippen molar-refractivity contribution in [3.8, 4) is 34.5 Å². The maximum absolute atomic E-state index is 17.7. The third-order valence-electron chi connectivity index (χ3n) is 13.5. The summed E-state index contributed by atoms with van der Waals surface area (Å²) in [7, 11) is -0.575. The fraction of sp³-hybridized carbons (Fsp3) is 0.596. The number of methoxy groups -OCH3 is 1. The van der Waals surface area contributed by atoms with Gasteiger partial charge < -0.3 is 24.4 Å². The van der Waals surface area contributed by atoms with Crippen molar-refractivity contribution in [2.75, 3.05) is 51.6 Å². The highest BCUT2D eigenvalue weighted by atomic mass is 28.3. The molecular formula is C47H61F3N6O3Si. The quantitative estimate of drug-likeness (QED) is 0.0635. The van der Waals surface area contributed by atoms with Gasteiger partial charge in [0.2, 0.25) is 0 Å². The summed E-state index contributed by atoms with van der Waals surface area (Å²) in [6, 6.07) is 10.5. The van der Waals surface area contributed by atoms with Gasteiger partial charge in [-0.3, -0.25) is 9.88 Å². The van der Waals surface area contributed by atoms with Crippen LogP contribution in [0.3, 0.4) is 0 Å². The van der Waals surface area contributed by atoms with E-state index in [4.69, 9.17) is 29.2 Å². The predicted molar refractivity (Wildman–Crippen MR) is 235 cm³/mol. The van der Waals surface area contributed by atoms with Crippen molar-refractivity contribution < 1.29 is 27.4 Å². The Balaban J connectivity index is 1.28. The number of fused-ring (bicyclic) bond motifs is 5. The zero-order chi connectivity index (χ0) is 41.9. The van der Waals surface area contributed by atoms with Crippen LogP contribution in [0.15, 0.2) is 30.5 Å². The Hall–Kier alpha value is -3.96. The molecule has 13 heteroatoms. The zero-order valence-electron chi connectivity index (χ0n) is 35.9. The van der Waals surface area contributed by atoms with Gasteiger partial charge in [-0.15, -0.1) is 5.54 Å². The first-order valence-corrected chi connectivity index (χ1v) is 25.1. The summed E-state index contributed by atoms with van der Waals surface area (Å²) in [5.74, 6) is 3.29. The molecule has 0 unspecified atom stereocenters. The van der Waals surface area contributed by atoms with Crippen molar-refractivity contribution in [2.24, 2.45) is 0 Å². The third-order valence-corrected chi connectivity index (χ3v) is 18.1. The summed E-state index contributed by atoms with van der Waals surface area (Å²) in [4.78, 5) is 18.9. The lowest BCUT2D eigenvalue weighted by Crippen LogP contribution is -2.51. The molecule has 4 aliphatic heterocycles. The summed E-state index contributed by atoms with van der Waals surface area (Å²) in [5, 5.41) is 5.28. The second-order valence-corrected chi connectivity index (χ2v) is 22.1. The van der Waals surface area contributed by atoms with Gasteiger partial charge in [0.25, 0.3) is 0 Å². The summed E-state index contributed by atoms with van der Waals surface area (Å²) >= 11 is 0. The number of ether oxygens (including phenoxy) is 3. The molecule has 0 spiro atoms. The second-order valence-electron chi connectivity index (χ2n) is 17.8. The lowest BCUT2D eigenvalue weighted by atomic mass is 9.95. The van der Waals surface area contributed by atoms with E-state index >= 15 is 8.78 Å². The summed E-state index contributed by atoms with van der Waals surface area (Å²) in [6.07, 6.45) is 11.6. The first-order chi connectivity index (χ1) is 29.2. The van der Waals surface area contributed by atoms with Crippen molar-refractivity contribution in [3.63, 3.8) is 0 Å². The molecule has 9 nitrogen and oxygen atoms in total. The number of unbranched alkanes of at least 4 members (excludes halogenated alkanes) is 3. The number of anilines is 1. The third kappa shape index (κ3) is 8.72. The van der Waals surface area contributed by atoms with Gasteiger partial charge in [0.1, 0.15) is 49.4 Å². The maximum Gasteiger partial charge on any atom is 0.319 e. The minimum absolute atomic E-state index is 0.00285. The van der Waals surface area contributed by atoms with Crippen LogP contribution >= 0.6 is 0 Å².